The molecule has 0 amide bonds. The molecule has 5 N–H and O–H groups in total. The minimum Gasteiger partial charge on any atom is -0.388 e. The van der Waals surface area contributed by atoms with E-state index >= 15 is 0 Å². The van der Waals surface area contributed by atoms with Crippen molar-refractivity contribution >= 4 is 23.4 Å². The van der Waals surface area contributed by atoms with Crippen LogP contribution in [0.1, 0.15) is 90.9 Å². The fraction of sp³-hybridized carbons (Fsp3) is 1.00. The molecule has 0 bridgehead atoms. The topological polar surface area (TPSA) is 94.0 Å². The number of aliphatic hydroxyl groups excluding tert-OH is 3. The monoisotopic (exact) mass is 522 g/mol. The molecule has 0 aromatic rings. The molecule has 0 aliphatic carbocycles. The van der Waals surface area contributed by atoms with Crippen LogP contribution >= 0.6 is 23.4 Å². The van der Waals surface area contributed by atoms with E-state index < -0.39 is 29.9 Å². The third kappa shape index (κ3) is 10.0. The first-order chi connectivity index (χ1) is 16.4. The number of aliphatic hydroxyl groups is 3. The van der Waals surface area contributed by atoms with Crippen LogP contribution < -0.4 is 10.6 Å². The van der Waals surface area contributed by atoms with Crippen molar-refractivity contribution in [1.82, 2.24) is 10.6 Å². The molecule has 2 rings (SSSR count). The van der Waals surface area contributed by atoms with E-state index in [2.05, 4.69) is 17.6 Å². The van der Waals surface area contributed by atoms with E-state index in [1.807, 2.05) is 13.2 Å². The van der Waals surface area contributed by atoms with Crippen LogP contribution in [0.4, 0.5) is 0 Å². The number of thioether (sulfide) groups is 1. The van der Waals surface area contributed by atoms with Gasteiger partial charge in [0, 0.05) is 18.0 Å². The Morgan fingerprint density at radius 3 is 2.26 bits per heavy atom. The van der Waals surface area contributed by atoms with Crippen molar-refractivity contribution in [2.24, 2.45) is 5.92 Å². The molecular weight excluding hydrogens is 472 g/mol. The summed E-state index contributed by atoms with van der Waals surface area (Å²) in [7, 11) is 0. The van der Waals surface area contributed by atoms with E-state index in [9.17, 15) is 15.3 Å². The Bertz CT molecular complexity index is 531. The van der Waals surface area contributed by atoms with Crippen molar-refractivity contribution in [3.63, 3.8) is 0 Å². The van der Waals surface area contributed by atoms with Crippen LogP contribution in [0, 0.1) is 5.92 Å². The first-order valence-corrected chi connectivity index (χ1v) is 15.4. The van der Waals surface area contributed by atoms with Crippen molar-refractivity contribution in [1.29, 1.82) is 0 Å². The number of piperidine rings is 1. The quantitative estimate of drug-likeness (QED) is 0.154. The van der Waals surface area contributed by atoms with E-state index in [4.69, 9.17) is 16.3 Å². The molecular formula is C26H51ClN2O4S. The molecule has 9 atom stereocenters. The fourth-order valence-electron chi connectivity index (χ4n) is 5.44. The van der Waals surface area contributed by atoms with Crippen LogP contribution in [0.2, 0.25) is 0 Å². The van der Waals surface area contributed by atoms with Gasteiger partial charge in [0.05, 0.1) is 6.04 Å². The van der Waals surface area contributed by atoms with Crippen LogP contribution in [-0.4, -0.2) is 82.0 Å². The van der Waals surface area contributed by atoms with E-state index in [0.29, 0.717) is 6.04 Å². The Morgan fingerprint density at radius 2 is 1.65 bits per heavy atom. The zero-order valence-corrected chi connectivity index (χ0v) is 23.2. The second kappa shape index (κ2) is 17.0. The molecule has 0 radical (unpaired) electrons. The minimum absolute atomic E-state index is 0.300. The zero-order valence-electron chi connectivity index (χ0n) is 21.6. The first-order valence-electron chi connectivity index (χ1n) is 13.7. The normalized spacial score (nSPS) is 34.1. The van der Waals surface area contributed by atoms with Crippen molar-refractivity contribution in [3.8, 4) is 0 Å². The predicted octanol–water partition coefficient (Wildman–Crippen LogP) is 4.03. The van der Waals surface area contributed by atoms with E-state index in [0.717, 1.165) is 25.4 Å². The van der Waals surface area contributed by atoms with Crippen LogP contribution in [0.5, 0.6) is 0 Å². The van der Waals surface area contributed by atoms with Crippen LogP contribution in [0.3, 0.4) is 0 Å². The Labute approximate surface area is 217 Å². The lowest BCUT2D eigenvalue weighted by Crippen LogP contribution is -2.64. The number of unbranched alkanes of at least 4 members (excludes halogenated alkanes) is 8. The second-order valence-corrected chi connectivity index (χ2v) is 12.1. The molecule has 0 spiro atoms. The lowest BCUT2D eigenvalue weighted by molar-refractivity contribution is -0.204. The summed E-state index contributed by atoms with van der Waals surface area (Å²) >= 11 is 7.81. The number of halogens is 1. The average molecular weight is 523 g/mol. The highest BCUT2D eigenvalue weighted by atomic mass is 35.5. The smallest absolute Gasteiger partial charge is 0.132 e. The second-order valence-electron chi connectivity index (χ2n) is 10.4. The van der Waals surface area contributed by atoms with Gasteiger partial charge < -0.3 is 30.7 Å². The summed E-state index contributed by atoms with van der Waals surface area (Å²) in [5, 5.41) is 37.9. The van der Waals surface area contributed by atoms with Crippen LogP contribution in [-0.2, 0) is 4.74 Å². The van der Waals surface area contributed by atoms with E-state index in [-0.39, 0.29) is 11.4 Å². The van der Waals surface area contributed by atoms with E-state index in [1.165, 1.54) is 82.4 Å². The van der Waals surface area contributed by atoms with Gasteiger partial charge in [0.1, 0.15) is 29.9 Å². The summed E-state index contributed by atoms with van der Waals surface area (Å²) < 4.78 is 5.96. The van der Waals surface area contributed by atoms with Gasteiger partial charge in [0.15, 0.2) is 0 Å². The van der Waals surface area contributed by atoms with Gasteiger partial charge in [-0.05, 0) is 38.5 Å². The molecule has 0 aromatic carbocycles. The zero-order chi connectivity index (χ0) is 24.9. The van der Waals surface area contributed by atoms with E-state index in [1.54, 1.807) is 0 Å². The summed E-state index contributed by atoms with van der Waals surface area (Å²) in [4.78, 5) is 0. The SMILES string of the molecule is CCCCCCCCCCC[C@@H]1CCNC(CN[C@@H]([C@H]2O[C@H](SC)[C@H](O)[C@@H](O)[C@H]2O)[C@H](C)Cl)C1. The molecule has 34 heavy (non-hydrogen) atoms. The van der Waals surface area contributed by atoms with Crippen molar-refractivity contribution in [3.05, 3.63) is 0 Å². The van der Waals surface area contributed by atoms with Gasteiger partial charge in [-0.1, -0.05) is 71.1 Å². The molecule has 0 aromatic heterocycles. The van der Waals surface area contributed by atoms with Crippen molar-refractivity contribution in [2.75, 3.05) is 19.3 Å². The summed E-state index contributed by atoms with van der Waals surface area (Å²) in [6.45, 7) is 5.93. The van der Waals surface area contributed by atoms with Gasteiger partial charge in [0.2, 0.25) is 0 Å². The van der Waals surface area contributed by atoms with Gasteiger partial charge >= 0.3 is 0 Å². The average Bonchev–Trinajstić information content (AvgIpc) is 2.83. The molecule has 8 heteroatoms. The fourth-order valence-corrected chi connectivity index (χ4v) is 6.35. The lowest BCUT2D eigenvalue weighted by Gasteiger charge is -2.44. The van der Waals surface area contributed by atoms with Gasteiger partial charge in [-0.3, -0.25) is 0 Å². The van der Waals surface area contributed by atoms with Gasteiger partial charge in [0.25, 0.3) is 0 Å². The Kier molecular flexibility index (Phi) is 15.3. The van der Waals surface area contributed by atoms with Crippen LogP contribution in [0.15, 0.2) is 0 Å². The Hall–Kier alpha value is 0.400. The maximum absolute atomic E-state index is 10.6. The number of alkyl halides is 1. The molecule has 2 aliphatic rings. The maximum Gasteiger partial charge on any atom is 0.132 e. The summed E-state index contributed by atoms with van der Waals surface area (Å²) in [6, 6.07) is 0.0378. The molecule has 2 fully saturated rings. The molecule has 0 saturated carbocycles. The van der Waals surface area contributed by atoms with Gasteiger partial charge in [-0.2, -0.15) is 0 Å². The third-order valence-corrected chi connectivity index (χ3v) is 8.73. The Balaban J connectivity index is 1.71. The summed E-state index contributed by atoms with van der Waals surface area (Å²) in [5.41, 5.74) is -0.586. The van der Waals surface area contributed by atoms with Crippen LogP contribution in [0.25, 0.3) is 0 Å². The molecule has 1 unspecified atom stereocenters. The maximum atomic E-state index is 10.6. The largest absolute Gasteiger partial charge is 0.388 e. The predicted molar refractivity (Wildman–Crippen MR) is 144 cm³/mol. The third-order valence-electron chi connectivity index (χ3n) is 7.61. The molecule has 202 valence electrons. The highest BCUT2D eigenvalue weighted by Crippen LogP contribution is 2.30. The minimum atomic E-state index is -1.25. The molecule has 2 saturated heterocycles. The highest BCUT2D eigenvalue weighted by Gasteiger charge is 2.47. The highest BCUT2D eigenvalue weighted by molar-refractivity contribution is 7.99. The number of nitrogens with one attached hydrogen (secondary N) is 2. The molecule has 2 aliphatic heterocycles. The number of hydrogen-bond acceptors (Lipinski definition) is 7. The lowest BCUT2D eigenvalue weighted by atomic mass is 9.87. The summed E-state index contributed by atoms with van der Waals surface area (Å²) in [6.07, 6.45) is 13.7. The van der Waals surface area contributed by atoms with Gasteiger partial charge in [-0.25, -0.2) is 0 Å². The van der Waals surface area contributed by atoms with Crippen molar-refractivity contribution in [2.45, 2.75) is 138 Å². The number of hydrogen-bond donors (Lipinski definition) is 5. The van der Waals surface area contributed by atoms with Gasteiger partial charge in [-0.15, -0.1) is 23.4 Å². The molecule has 2 heterocycles. The molecule has 6 nitrogen and oxygen atoms in total. The number of ether oxygens (including phenoxy) is 1. The standard InChI is InChI=1S/C26H51ClN2O4S/c1-4-5-6-7-8-9-10-11-12-13-19-14-15-28-20(16-19)17-29-21(18(2)27)25-23(31)22(30)24(32)26(33-25)34-3/h18-26,28-32H,4-17H2,1-3H3/t18-,19+,20?,21+,22-,23+,24+,25+,26+/m0/s1. The first kappa shape index (κ1) is 30.6. The summed E-state index contributed by atoms with van der Waals surface area (Å²) in [5.74, 6) is 0.763. The number of rotatable bonds is 16. The Morgan fingerprint density at radius 1 is 1.00 bits per heavy atom. The van der Waals surface area contributed by atoms with Crippen molar-refractivity contribution < 1.29 is 20.1 Å².